The Bertz CT molecular complexity index is 1220. The van der Waals surface area contributed by atoms with Gasteiger partial charge in [0.25, 0.3) is 5.91 Å². The van der Waals surface area contributed by atoms with Crippen LogP contribution in [-0.4, -0.2) is 66.8 Å². The molecule has 1 saturated carbocycles. The molecule has 5 rings (SSSR count). The molecule has 36 heavy (non-hydrogen) atoms. The Balaban J connectivity index is 1.26. The molecule has 8 nitrogen and oxygen atoms in total. The van der Waals surface area contributed by atoms with Crippen molar-refractivity contribution in [2.75, 3.05) is 39.5 Å². The number of carbonyl (C=O) groups excluding carboxylic acids is 2. The molecule has 2 aromatic heterocycles. The largest absolute Gasteiger partial charge is 0.460 e. The van der Waals surface area contributed by atoms with Crippen LogP contribution in [0.2, 0.25) is 0 Å². The fourth-order valence-electron chi connectivity index (χ4n) is 5.42. The van der Waals surface area contributed by atoms with Gasteiger partial charge < -0.3 is 19.2 Å². The topological polar surface area (TPSA) is 93.9 Å². The summed E-state index contributed by atoms with van der Waals surface area (Å²) in [6.45, 7) is 5.32. The summed E-state index contributed by atoms with van der Waals surface area (Å²) >= 11 is 0. The van der Waals surface area contributed by atoms with Crippen molar-refractivity contribution in [2.45, 2.75) is 44.6 Å². The Morgan fingerprint density at radius 2 is 1.86 bits per heavy atom. The number of benzene rings is 1. The summed E-state index contributed by atoms with van der Waals surface area (Å²) in [4.78, 5) is 32.9. The zero-order valence-corrected chi connectivity index (χ0v) is 20.8. The van der Waals surface area contributed by atoms with Crippen LogP contribution in [0, 0.1) is 6.92 Å². The average molecular weight is 492 g/mol. The molecule has 1 amide bonds. The number of para-hydroxylation sites is 1. The molecule has 190 valence electrons. The highest BCUT2D eigenvalue weighted by Crippen LogP contribution is 2.34. The summed E-state index contributed by atoms with van der Waals surface area (Å²) in [7, 11) is 0. The van der Waals surface area contributed by atoms with E-state index in [1.807, 2.05) is 43.3 Å². The van der Waals surface area contributed by atoms with E-state index in [1.54, 1.807) is 6.07 Å². The van der Waals surface area contributed by atoms with Gasteiger partial charge in [0.2, 0.25) is 0 Å². The second-order valence-corrected chi connectivity index (χ2v) is 9.72. The van der Waals surface area contributed by atoms with Crippen LogP contribution in [0.15, 0.2) is 46.9 Å². The fourth-order valence-corrected chi connectivity index (χ4v) is 5.42. The van der Waals surface area contributed by atoms with Crippen molar-refractivity contribution in [3.8, 4) is 11.5 Å². The number of ether oxygens (including phenoxy) is 2. The van der Waals surface area contributed by atoms with Crippen LogP contribution in [0.3, 0.4) is 0 Å². The Hall–Kier alpha value is -3.23. The monoisotopic (exact) mass is 491 g/mol. The number of rotatable bonds is 7. The van der Waals surface area contributed by atoms with Crippen LogP contribution >= 0.6 is 0 Å². The normalized spacial score (nSPS) is 18.1. The van der Waals surface area contributed by atoms with Gasteiger partial charge in [0.15, 0.2) is 12.4 Å². The minimum Gasteiger partial charge on any atom is -0.460 e. The van der Waals surface area contributed by atoms with Crippen LogP contribution < -0.4 is 5.32 Å². The van der Waals surface area contributed by atoms with Crippen molar-refractivity contribution in [3.63, 3.8) is 0 Å². The maximum atomic E-state index is 13.1. The number of esters is 1. The standard InChI is InChI=1S/C28H33N3O5/c1-20-9-10-25(36-20)24-17-22(21-7-3-4-8-23(21)30-24)27(33)35-18-26(32)29-19-28(11-5-2-6-12-28)31-13-15-34-16-14-31/h3-4,7-10,17H,2,5-6,11-16,18-19H2,1H3,(H,29,32). The predicted octanol–water partition coefficient (Wildman–Crippen LogP) is 4.11. The summed E-state index contributed by atoms with van der Waals surface area (Å²) in [5.41, 5.74) is 1.52. The first-order chi connectivity index (χ1) is 17.5. The average Bonchev–Trinajstić information content (AvgIpc) is 3.37. The van der Waals surface area contributed by atoms with Gasteiger partial charge in [-0.15, -0.1) is 0 Å². The Labute approximate surface area is 211 Å². The Kier molecular flexibility index (Phi) is 7.34. The highest BCUT2D eigenvalue weighted by atomic mass is 16.5. The highest BCUT2D eigenvalue weighted by Gasteiger charge is 2.38. The molecule has 3 aromatic rings. The summed E-state index contributed by atoms with van der Waals surface area (Å²) in [5, 5.41) is 3.72. The summed E-state index contributed by atoms with van der Waals surface area (Å²) in [5.74, 6) is 0.482. The number of hydrogen-bond acceptors (Lipinski definition) is 7. The van der Waals surface area contributed by atoms with Crippen LogP contribution in [0.4, 0.5) is 0 Å². The molecule has 2 fully saturated rings. The molecule has 1 aliphatic carbocycles. The highest BCUT2D eigenvalue weighted by molar-refractivity contribution is 6.05. The van der Waals surface area contributed by atoms with Crippen LogP contribution in [0.5, 0.6) is 0 Å². The molecule has 3 heterocycles. The van der Waals surface area contributed by atoms with E-state index in [2.05, 4.69) is 15.2 Å². The first-order valence-electron chi connectivity index (χ1n) is 12.8. The van der Waals surface area contributed by atoms with Gasteiger partial charge in [-0.3, -0.25) is 9.69 Å². The number of nitrogens with zero attached hydrogens (tertiary/aromatic N) is 2. The van der Waals surface area contributed by atoms with Crippen molar-refractivity contribution >= 4 is 22.8 Å². The lowest BCUT2D eigenvalue weighted by atomic mass is 9.79. The van der Waals surface area contributed by atoms with Gasteiger partial charge in [0, 0.05) is 30.6 Å². The molecular weight excluding hydrogens is 458 g/mol. The van der Waals surface area contributed by atoms with Gasteiger partial charge in [0.1, 0.15) is 11.5 Å². The molecule has 1 aliphatic heterocycles. The van der Waals surface area contributed by atoms with Crippen LogP contribution in [0.25, 0.3) is 22.4 Å². The summed E-state index contributed by atoms with van der Waals surface area (Å²) < 4.78 is 16.7. The summed E-state index contributed by atoms with van der Waals surface area (Å²) in [6, 6.07) is 12.7. The van der Waals surface area contributed by atoms with E-state index < -0.39 is 5.97 Å². The van der Waals surface area contributed by atoms with Gasteiger partial charge >= 0.3 is 5.97 Å². The molecule has 2 aliphatic rings. The number of morpholine rings is 1. The number of furan rings is 1. The molecule has 1 N–H and O–H groups in total. The molecule has 0 spiro atoms. The van der Waals surface area contributed by atoms with Crippen molar-refractivity contribution in [2.24, 2.45) is 0 Å². The number of aromatic nitrogens is 1. The molecule has 0 unspecified atom stereocenters. The lowest BCUT2D eigenvalue weighted by molar-refractivity contribution is -0.125. The lowest BCUT2D eigenvalue weighted by Crippen LogP contribution is -2.59. The van der Waals surface area contributed by atoms with Crippen molar-refractivity contribution in [1.82, 2.24) is 15.2 Å². The lowest BCUT2D eigenvalue weighted by Gasteiger charge is -2.48. The fraction of sp³-hybridized carbons (Fsp3) is 0.464. The van der Waals surface area contributed by atoms with Gasteiger partial charge in [0.05, 0.1) is 24.3 Å². The summed E-state index contributed by atoms with van der Waals surface area (Å²) in [6.07, 6.45) is 5.68. The van der Waals surface area contributed by atoms with Gasteiger partial charge in [-0.25, -0.2) is 9.78 Å². The Morgan fingerprint density at radius 1 is 1.08 bits per heavy atom. The number of carbonyl (C=O) groups is 2. The smallest absolute Gasteiger partial charge is 0.339 e. The van der Waals surface area contributed by atoms with Crippen molar-refractivity contribution in [3.05, 3.63) is 53.8 Å². The second-order valence-electron chi connectivity index (χ2n) is 9.72. The SMILES string of the molecule is Cc1ccc(-c2cc(C(=O)OCC(=O)NCC3(N4CCOCC4)CCCCC3)c3ccccc3n2)o1. The van der Waals surface area contributed by atoms with Crippen LogP contribution in [-0.2, 0) is 14.3 Å². The van der Waals surface area contributed by atoms with E-state index in [4.69, 9.17) is 13.9 Å². The maximum absolute atomic E-state index is 13.1. The van der Waals surface area contributed by atoms with E-state index in [1.165, 1.54) is 6.42 Å². The van der Waals surface area contributed by atoms with E-state index in [9.17, 15) is 9.59 Å². The van der Waals surface area contributed by atoms with E-state index in [0.717, 1.165) is 57.7 Å². The van der Waals surface area contributed by atoms with Gasteiger partial charge in [-0.05, 0) is 44.0 Å². The maximum Gasteiger partial charge on any atom is 0.339 e. The zero-order chi connectivity index (χ0) is 25.0. The van der Waals surface area contributed by atoms with E-state index in [-0.39, 0.29) is 18.1 Å². The number of amides is 1. The quantitative estimate of drug-likeness (QED) is 0.497. The third kappa shape index (κ3) is 5.29. The first kappa shape index (κ1) is 24.5. The predicted molar refractivity (Wildman–Crippen MR) is 136 cm³/mol. The zero-order valence-electron chi connectivity index (χ0n) is 20.8. The molecule has 0 radical (unpaired) electrons. The third-order valence-corrected chi connectivity index (χ3v) is 7.34. The van der Waals surface area contributed by atoms with Crippen molar-refractivity contribution in [1.29, 1.82) is 0 Å². The molecule has 0 atom stereocenters. The second kappa shape index (κ2) is 10.8. The van der Waals surface area contributed by atoms with E-state index in [0.29, 0.717) is 34.5 Å². The molecule has 1 aromatic carbocycles. The van der Waals surface area contributed by atoms with Crippen molar-refractivity contribution < 1.29 is 23.5 Å². The first-order valence-corrected chi connectivity index (χ1v) is 12.8. The minimum absolute atomic E-state index is 0.0426. The minimum atomic E-state index is -0.561. The molecule has 8 heteroatoms. The van der Waals surface area contributed by atoms with Crippen LogP contribution in [0.1, 0.15) is 48.2 Å². The number of nitrogens with one attached hydrogen (secondary N) is 1. The number of fused-ring (bicyclic) bond motifs is 1. The Morgan fingerprint density at radius 3 is 2.61 bits per heavy atom. The number of pyridine rings is 1. The molecule has 0 bridgehead atoms. The third-order valence-electron chi connectivity index (χ3n) is 7.34. The van der Waals surface area contributed by atoms with Gasteiger partial charge in [-0.1, -0.05) is 37.5 Å². The molecular formula is C28H33N3O5. The number of hydrogen-bond donors (Lipinski definition) is 1. The number of aryl methyl sites for hydroxylation is 1. The van der Waals surface area contributed by atoms with E-state index >= 15 is 0 Å². The molecule has 1 saturated heterocycles. The van der Waals surface area contributed by atoms with Gasteiger partial charge in [-0.2, -0.15) is 0 Å².